The van der Waals surface area contributed by atoms with E-state index >= 15 is 0 Å². The van der Waals surface area contributed by atoms with Gasteiger partial charge in [0.15, 0.2) is 0 Å². The van der Waals surface area contributed by atoms with Crippen LogP contribution in [-0.2, 0) is 21.7 Å². The van der Waals surface area contributed by atoms with Crippen LogP contribution in [0.15, 0.2) is 217 Å². The van der Waals surface area contributed by atoms with E-state index in [1.165, 1.54) is 159 Å². The van der Waals surface area contributed by atoms with Gasteiger partial charge in [-0.15, -0.1) is 0 Å². The Kier molecular flexibility index (Phi) is 9.72. The fraction of sp³-hybridized carbons (Fsp3) is 0.158. The predicted molar refractivity (Wildman–Crippen MR) is 332 cm³/mol. The van der Waals surface area contributed by atoms with Gasteiger partial charge in [-0.1, -0.05) is 225 Å². The summed E-state index contributed by atoms with van der Waals surface area (Å²) < 4.78 is 1.18. The number of benzene rings is 12. The Morgan fingerprint density at radius 1 is 0.234 bits per heavy atom. The minimum absolute atomic E-state index is 0.0206. The Labute approximate surface area is 461 Å². The molecule has 370 valence electrons. The molecule has 12 aromatic carbocycles. The summed E-state index contributed by atoms with van der Waals surface area (Å²) in [5, 5.41) is 10.4. The van der Waals surface area contributed by atoms with Crippen LogP contribution in [0.1, 0.15) is 99.9 Å². The van der Waals surface area contributed by atoms with E-state index in [9.17, 15) is 0 Å². The van der Waals surface area contributed by atoms with Gasteiger partial charge in [-0.25, -0.2) is 0 Å². The molecule has 0 saturated heterocycles. The molecule has 0 aromatic heterocycles. The van der Waals surface area contributed by atoms with E-state index in [2.05, 4.69) is 284 Å². The Morgan fingerprint density at radius 3 is 1.10 bits per heavy atom. The highest BCUT2D eigenvalue weighted by atomic mass is 79.9. The second-order valence-electron chi connectivity index (χ2n) is 24.5. The summed E-state index contributed by atoms with van der Waals surface area (Å²) >= 11 is 4.05. The van der Waals surface area contributed by atoms with E-state index < -0.39 is 0 Å². The van der Waals surface area contributed by atoms with Gasteiger partial charge in [0.05, 0.1) is 0 Å². The van der Waals surface area contributed by atoms with E-state index in [0.717, 1.165) is 0 Å². The molecule has 0 amide bonds. The molecular formula is C76H59Br. The minimum Gasteiger partial charge on any atom is -0.0619 e. The highest BCUT2D eigenvalue weighted by Crippen LogP contribution is 2.56. The number of fused-ring (bicyclic) bond motifs is 16. The monoisotopic (exact) mass is 1050 g/mol. The SMILES string of the molecule is CC1(C)c2ccccc2-c2ccc(-c3c4ccccc4c(Br)c4cc5c(cc34)C(C)(C)c3ccccc3-5)cc21.CC1(C)c2ccccc2-c2ccc(-c3c4ccccc4cc4cc5c(cc34)C(C)(C)c3ccccc3-5)cc21. The molecule has 16 rings (SSSR count). The molecule has 0 nitrogen and oxygen atoms in total. The molecule has 77 heavy (non-hydrogen) atoms. The Hall–Kier alpha value is -7.84. The highest BCUT2D eigenvalue weighted by molar-refractivity contribution is 9.10. The molecule has 4 aliphatic carbocycles. The maximum Gasteiger partial charge on any atom is 0.0332 e. The standard InChI is InChI=1S/C38H29Br.C38H30/c1-37(2)31-15-9-7-11-23(31)25-18-17-22(19-33(25)37)35-26-13-5-6-14-27(26)36(39)30-20-28-24-12-8-10-16-32(24)38(3,4)34(28)21-29(30)35;1-37(2)32-15-9-7-13-27(32)29-18-17-24(21-34(29)37)36-26-12-6-5-11-23(26)19-25-20-31-28-14-8-10-16-33(28)38(3,4)35(31)22-30(25)36/h5-21H,1-4H3;5-22H,1-4H3. The van der Waals surface area contributed by atoms with E-state index in [0.29, 0.717) is 0 Å². The minimum atomic E-state index is -0.0446. The van der Waals surface area contributed by atoms with Crippen molar-refractivity contribution in [2.75, 3.05) is 0 Å². The molecule has 0 unspecified atom stereocenters. The summed E-state index contributed by atoms with van der Waals surface area (Å²) in [6.45, 7) is 19.0. The fourth-order valence-electron chi connectivity index (χ4n) is 14.9. The Bertz CT molecular complexity index is 4570. The van der Waals surface area contributed by atoms with Crippen LogP contribution in [0.4, 0.5) is 0 Å². The molecule has 0 spiro atoms. The smallest absolute Gasteiger partial charge is 0.0332 e. The number of halogens is 1. The number of hydrogen-bond donors (Lipinski definition) is 0. The number of rotatable bonds is 2. The lowest BCUT2D eigenvalue weighted by atomic mass is 9.79. The van der Waals surface area contributed by atoms with Crippen LogP contribution in [0, 0.1) is 0 Å². The van der Waals surface area contributed by atoms with Crippen molar-refractivity contribution in [1.82, 2.24) is 0 Å². The molecule has 0 aliphatic heterocycles. The zero-order valence-electron chi connectivity index (χ0n) is 45.1. The van der Waals surface area contributed by atoms with Crippen LogP contribution in [0.3, 0.4) is 0 Å². The molecule has 0 fully saturated rings. The van der Waals surface area contributed by atoms with Crippen molar-refractivity contribution >= 4 is 59.0 Å². The van der Waals surface area contributed by atoms with Crippen molar-refractivity contribution in [3.8, 4) is 66.8 Å². The van der Waals surface area contributed by atoms with Gasteiger partial charge >= 0.3 is 0 Å². The van der Waals surface area contributed by atoms with E-state index in [1.807, 2.05) is 0 Å². The molecule has 4 aliphatic rings. The number of hydrogen-bond acceptors (Lipinski definition) is 0. The maximum absolute atomic E-state index is 4.05. The average Bonchev–Trinajstić information content (AvgIpc) is 4.27. The second kappa shape index (κ2) is 16.1. The molecular weight excluding hydrogens is 993 g/mol. The third-order valence-electron chi connectivity index (χ3n) is 19.0. The van der Waals surface area contributed by atoms with Crippen LogP contribution < -0.4 is 0 Å². The molecule has 1 heteroatoms. The quantitative estimate of drug-likeness (QED) is 0.151. The summed E-state index contributed by atoms with van der Waals surface area (Å²) in [6.07, 6.45) is 0. The molecule has 0 N–H and O–H groups in total. The van der Waals surface area contributed by atoms with Crippen LogP contribution in [0.25, 0.3) is 110 Å². The van der Waals surface area contributed by atoms with Crippen LogP contribution in [0.2, 0.25) is 0 Å². The topological polar surface area (TPSA) is 0 Å². The lowest BCUT2D eigenvalue weighted by Gasteiger charge is -2.24. The normalized spacial score (nSPS) is 15.8. The van der Waals surface area contributed by atoms with Crippen molar-refractivity contribution in [2.24, 2.45) is 0 Å². The van der Waals surface area contributed by atoms with Crippen molar-refractivity contribution in [3.05, 3.63) is 261 Å². The molecule has 0 bridgehead atoms. The lowest BCUT2D eigenvalue weighted by Crippen LogP contribution is -2.15. The van der Waals surface area contributed by atoms with Gasteiger partial charge in [0, 0.05) is 26.1 Å². The molecule has 0 heterocycles. The molecule has 0 atom stereocenters. The molecule has 12 aromatic rings. The van der Waals surface area contributed by atoms with Gasteiger partial charge < -0.3 is 0 Å². The van der Waals surface area contributed by atoms with Crippen molar-refractivity contribution in [1.29, 1.82) is 0 Å². The van der Waals surface area contributed by atoms with Gasteiger partial charge in [0.1, 0.15) is 0 Å². The van der Waals surface area contributed by atoms with E-state index in [1.54, 1.807) is 0 Å². The van der Waals surface area contributed by atoms with E-state index in [-0.39, 0.29) is 21.7 Å². The summed E-state index contributed by atoms with van der Waals surface area (Å²) in [7, 11) is 0. The second-order valence-corrected chi connectivity index (χ2v) is 25.3. The summed E-state index contributed by atoms with van der Waals surface area (Å²) in [5.74, 6) is 0. The Morgan fingerprint density at radius 2 is 0.597 bits per heavy atom. The fourth-order valence-corrected chi connectivity index (χ4v) is 15.6. The van der Waals surface area contributed by atoms with Gasteiger partial charge in [0.25, 0.3) is 0 Å². The predicted octanol–water partition coefficient (Wildman–Crippen LogP) is 21.3. The largest absolute Gasteiger partial charge is 0.0619 e. The highest BCUT2D eigenvalue weighted by Gasteiger charge is 2.40. The van der Waals surface area contributed by atoms with Gasteiger partial charge in [-0.2, -0.15) is 0 Å². The first-order valence-electron chi connectivity index (χ1n) is 27.5. The first-order chi connectivity index (χ1) is 37.1. The van der Waals surface area contributed by atoms with Crippen molar-refractivity contribution < 1.29 is 0 Å². The molecule has 0 radical (unpaired) electrons. The van der Waals surface area contributed by atoms with E-state index in [4.69, 9.17) is 0 Å². The summed E-state index contributed by atoms with van der Waals surface area (Å²) in [6, 6.07) is 80.0. The van der Waals surface area contributed by atoms with Gasteiger partial charge in [-0.05, 0) is 213 Å². The van der Waals surface area contributed by atoms with Gasteiger partial charge in [-0.3, -0.25) is 0 Å². The third kappa shape index (κ3) is 6.39. The lowest BCUT2D eigenvalue weighted by molar-refractivity contribution is 0.660. The zero-order chi connectivity index (χ0) is 52.5. The van der Waals surface area contributed by atoms with Crippen LogP contribution >= 0.6 is 15.9 Å². The van der Waals surface area contributed by atoms with Gasteiger partial charge in [0.2, 0.25) is 0 Å². The maximum atomic E-state index is 4.05. The first kappa shape index (κ1) is 46.5. The summed E-state index contributed by atoms with van der Waals surface area (Å²) in [4.78, 5) is 0. The summed E-state index contributed by atoms with van der Waals surface area (Å²) in [5.41, 5.74) is 27.4. The average molecular weight is 1050 g/mol. The zero-order valence-corrected chi connectivity index (χ0v) is 46.7. The van der Waals surface area contributed by atoms with Crippen LogP contribution in [0.5, 0.6) is 0 Å². The Balaban J connectivity index is 0.000000134. The van der Waals surface area contributed by atoms with Crippen molar-refractivity contribution in [3.63, 3.8) is 0 Å². The van der Waals surface area contributed by atoms with Crippen LogP contribution in [-0.4, -0.2) is 0 Å². The van der Waals surface area contributed by atoms with Crippen molar-refractivity contribution in [2.45, 2.75) is 77.0 Å². The molecule has 0 saturated carbocycles. The third-order valence-corrected chi connectivity index (χ3v) is 19.8. The first-order valence-corrected chi connectivity index (χ1v) is 28.3.